The summed E-state index contributed by atoms with van der Waals surface area (Å²) in [5.41, 5.74) is -1.75. The maximum atomic E-state index is 12.6. The lowest BCUT2D eigenvalue weighted by molar-refractivity contribution is -0.168. The lowest BCUT2D eigenvalue weighted by Crippen LogP contribution is -2.61. The molecule has 176 valence electrons. The molecule has 0 fully saturated rings. The van der Waals surface area contributed by atoms with Crippen LogP contribution in [0.25, 0.3) is 0 Å². The Hall–Kier alpha value is -1.37. The SMILES string of the molecule is CCCCCCCC[Si](C)(C)CCCCC(NC(C)=O)(C(=O)OCC)C(=O)OCC. The van der Waals surface area contributed by atoms with Crippen LogP contribution in [0.1, 0.15) is 85.5 Å². The fourth-order valence-corrected chi connectivity index (χ4v) is 6.43. The highest BCUT2D eigenvalue weighted by Crippen LogP contribution is 2.26. The molecule has 0 rings (SSSR count). The topological polar surface area (TPSA) is 81.7 Å². The number of carbonyl (C=O) groups is 3. The van der Waals surface area contributed by atoms with Crippen molar-refractivity contribution >= 4 is 25.9 Å². The van der Waals surface area contributed by atoms with Crippen molar-refractivity contribution in [2.24, 2.45) is 0 Å². The minimum absolute atomic E-state index is 0.137. The monoisotopic (exact) mass is 443 g/mol. The molecule has 0 unspecified atom stereocenters. The Morgan fingerprint density at radius 2 is 1.23 bits per heavy atom. The maximum Gasteiger partial charge on any atom is 0.343 e. The summed E-state index contributed by atoms with van der Waals surface area (Å²) < 4.78 is 10.2. The molecular formula is C23H45NO5Si. The first-order chi connectivity index (χ1) is 14.1. The molecule has 1 amide bonds. The molecule has 0 heterocycles. The maximum absolute atomic E-state index is 12.6. The highest BCUT2D eigenvalue weighted by atomic mass is 28.3. The summed E-state index contributed by atoms with van der Waals surface area (Å²) in [6.45, 7) is 12.0. The molecule has 0 saturated carbocycles. The molecule has 0 bridgehead atoms. The number of unbranched alkanes of at least 4 members (excludes halogenated alkanes) is 6. The Labute approximate surface area is 184 Å². The van der Waals surface area contributed by atoms with Gasteiger partial charge < -0.3 is 14.8 Å². The predicted molar refractivity (Wildman–Crippen MR) is 124 cm³/mol. The van der Waals surface area contributed by atoms with Gasteiger partial charge in [-0.15, -0.1) is 0 Å². The summed E-state index contributed by atoms with van der Waals surface area (Å²) in [7, 11) is -1.30. The van der Waals surface area contributed by atoms with Crippen LogP contribution < -0.4 is 5.32 Å². The molecule has 0 aromatic carbocycles. The highest BCUT2D eigenvalue weighted by molar-refractivity contribution is 6.77. The van der Waals surface area contributed by atoms with E-state index in [-0.39, 0.29) is 19.6 Å². The van der Waals surface area contributed by atoms with E-state index in [4.69, 9.17) is 9.47 Å². The third-order valence-electron chi connectivity index (χ3n) is 5.50. The molecule has 0 saturated heterocycles. The van der Waals surface area contributed by atoms with Gasteiger partial charge in [-0.25, -0.2) is 9.59 Å². The fraction of sp³-hybridized carbons (Fsp3) is 0.870. The minimum atomic E-state index is -1.75. The summed E-state index contributed by atoms with van der Waals surface area (Å²) >= 11 is 0. The second-order valence-electron chi connectivity index (χ2n) is 8.92. The van der Waals surface area contributed by atoms with Gasteiger partial charge in [-0.1, -0.05) is 83.5 Å². The molecule has 0 aliphatic rings. The normalized spacial score (nSPS) is 11.8. The largest absolute Gasteiger partial charge is 0.464 e. The third kappa shape index (κ3) is 11.1. The molecule has 30 heavy (non-hydrogen) atoms. The van der Waals surface area contributed by atoms with Crippen LogP contribution in [-0.4, -0.2) is 44.7 Å². The standard InChI is InChI=1S/C23H45NO5Si/c1-7-10-11-12-13-15-18-30(5,6)19-16-14-17-23(24-20(4)25,21(26)28-8-2)22(27)29-9-3/h7-19H2,1-6H3,(H,24,25). The van der Waals surface area contributed by atoms with E-state index in [1.807, 2.05) is 0 Å². The van der Waals surface area contributed by atoms with Gasteiger partial charge in [0.1, 0.15) is 0 Å². The fourth-order valence-electron chi connectivity index (χ4n) is 3.76. The van der Waals surface area contributed by atoms with E-state index in [1.165, 1.54) is 51.5 Å². The van der Waals surface area contributed by atoms with Gasteiger partial charge in [0.25, 0.3) is 0 Å². The lowest BCUT2D eigenvalue weighted by atomic mass is 9.92. The predicted octanol–water partition coefficient (Wildman–Crippen LogP) is 5.23. The van der Waals surface area contributed by atoms with Gasteiger partial charge in [0.05, 0.1) is 13.2 Å². The molecule has 0 radical (unpaired) electrons. The smallest absolute Gasteiger partial charge is 0.343 e. The highest BCUT2D eigenvalue weighted by Gasteiger charge is 2.49. The Bertz CT molecular complexity index is 504. The Kier molecular flexibility index (Phi) is 14.7. The van der Waals surface area contributed by atoms with Crippen LogP contribution in [-0.2, 0) is 23.9 Å². The third-order valence-corrected chi connectivity index (χ3v) is 8.91. The number of hydrogen-bond acceptors (Lipinski definition) is 5. The Morgan fingerprint density at radius 3 is 1.70 bits per heavy atom. The molecule has 0 aliphatic carbocycles. The zero-order valence-electron chi connectivity index (χ0n) is 20.2. The Balaban J connectivity index is 4.80. The molecule has 7 heteroatoms. The van der Waals surface area contributed by atoms with Crippen LogP contribution in [0.15, 0.2) is 0 Å². The average molecular weight is 444 g/mol. The van der Waals surface area contributed by atoms with Gasteiger partial charge >= 0.3 is 11.9 Å². The van der Waals surface area contributed by atoms with Crippen molar-refractivity contribution in [2.45, 2.75) is 116 Å². The number of ether oxygens (including phenoxy) is 2. The van der Waals surface area contributed by atoms with Gasteiger partial charge in [-0.3, -0.25) is 4.79 Å². The van der Waals surface area contributed by atoms with E-state index in [0.717, 1.165) is 12.5 Å². The van der Waals surface area contributed by atoms with Crippen molar-refractivity contribution in [3.05, 3.63) is 0 Å². The van der Waals surface area contributed by atoms with Crippen molar-refractivity contribution in [3.63, 3.8) is 0 Å². The van der Waals surface area contributed by atoms with Gasteiger partial charge in [0.2, 0.25) is 11.4 Å². The van der Waals surface area contributed by atoms with Gasteiger partial charge in [-0.05, 0) is 20.3 Å². The van der Waals surface area contributed by atoms with Crippen LogP contribution in [0.3, 0.4) is 0 Å². The summed E-state index contributed by atoms with van der Waals surface area (Å²) in [5.74, 6) is -1.92. The Morgan fingerprint density at radius 1 is 0.767 bits per heavy atom. The number of esters is 2. The first-order valence-electron chi connectivity index (χ1n) is 11.8. The molecule has 0 spiro atoms. The van der Waals surface area contributed by atoms with Crippen LogP contribution in [0.4, 0.5) is 0 Å². The van der Waals surface area contributed by atoms with Gasteiger partial charge in [0, 0.05) is 15.0 Å². The van der Waals surface area contributed by atoms with Crippen molar-refractivity contribution in [2.75, 3.05) is 13.2 Å². The molecule has 0 atom stereocenters. The van der Waals surface area contributed by atoms with E-state index in [1.54, 1.807) is 13.8 Å². The second-order valence-corrected chi connectivity index (χ2v) is 14.2. The van der Waals surface area contributed by atoms with Crippen molar-refractivity contribution < 1.29 is 23.9 Å². The second kappa shape index (κ2) is 15.4. The van der Waals surface area contributed by atoms with E-state index in [2.05, 4.69) is 25.3 Å². The number of carbonyl (C=O) groups excluding carboxylic acids is 3. The van der Waals surface area contributed by atoms with Crippen molar-refractivity contribution in [1.82, 2.24) is 5.32 Å². The number of hydrogen-bond donors (Lipinski definition) is 1. The molecule has 0 aliphatic heterocycles. The number of amides is 1. The summed E-state index contributed by atoms with van der Waals surface area (Å²) in [5, 5.41) is 2.54. The summed E-state index contributed by atoms with van der Waals surface area (Å²) in [6.07, 6.45) is 9.67. The zero-order valence-corrected chi connectivity index (χ0v) is 21.2. The molecule has 0 aromatic rings. The van der Waals surface area contributed by atoms with Gasteiger partial charge in [0.15, 0.2) is 0 Å². The van der Waals surface area contributed by atoms with Crippen molar-refractivity contribution in [1.29, 1.82) is 0 Å². The van der Waals surface area contributed by atoms with E-state index >= 15 is 0 Å². The molecule has 1 N–H and O–H groups in total. The minimum Gasteiger partial charge on any atom is -0.464 e. The van der Waals surface area contributed by atoms with E-state index in [0.29, 0.717) is 6.42 Å². The quantitative estimate of drug-likeness (QED) is 0.144. The molecule has 0 aromatic heterocycles. The van der Waals surface area contributed by atoms with Crippen LogP contribution in [0.5, 0.6) is 0 Å². The number of nitrogens with one attached hydrogen (secondary N) is 1. The molecular weight excluding hydrogens is 398 g/mol. The first-order valence-corrected chi connectivity index (χ1v) is 15.2. The molecule has 6 nitrogen and oxygen atoms in total. The van der Waals surface area contributed by atoms with E-state index in [9.17, 15) is 14.4 Å². The lowest BCUT2D eigenvalue weighted by Gasteiger charge is -2.30. The van der Waals surface area contributed by atoms with Crippen molar-refractivity contribution in [3.8, 4) is 0 Å². The van der Waals surface area contributed by atoms with Crippen LogP contribution in [0.2, 0.25) is 25.2 Å². The van der Waals surface area contributed by atoms with Crippen LogP contribution in [0, 0.1) is 0 Å². The summed E-state index contributed by atoms with van der Waals surface area (Å²) in [4.78, 5) is 37.0. The summed E-state index contributed by atoms with van der Waals surface area (Å²) in [6, 6.07) is 2.45. The van der Waals surface area contributed by atoms with Crippen LogP contribution >= 0.6 is 0 Å². The first kappa shape index (κ1) is 28.6. The van der Waals surface area contributed by atoms with E-state index < -0.39 is 31.5 Å². The zero-order chi connectivity index (χ0) is 23.0. The number of rotatable bonds is 17. The average Bonchev–Trinajstić information content (AvgIpc) is 2.67. The van der Waals surface area contributed by atoms with Gasteiger partial charge in [-0.2, -0.15) is 0 Å².